The highest BCUT2D eigenvalue weighted by Gasteiger charge is 2.31. The number of hydrogen-bond donors (Lipinski definition) is 2. The van der Waals surface area contributed by atoms with E-state index in [1.54, 1.807) is 6.07 Å². The molecule has 0 amide bonds. The van der Waals surface area contributed by atoms with Gasteiger partial charge in [-0.3, -0.25) is 0 Å². The van der Waals surface area contributed by atoms with Gasteiger partial charge in [-0.25, -0.2) is 4.39 Å². The lowest BCUT2D eigenvalue weighted by molar-refractivity contribution is 0.300. The molecule has 118 valence electrons. The average molecular weight is 294 g/mol. The van der Waals surface area contributed by atoms with Gasteiger partial charge in [-0.15, -0.1) is 0 Å². The summed E-state index contributed by atoms with van der Waals surface area (Å²) >= 11 is 0. The normalized spacial score (nSPS) is 16.9. The van der Waals surface area contributed by atoms with Gasteiger partial charge in [0.1, 0.15) is 0 Å². The van der Waals surface area contributed by atoms with E-state index in [0.29, 0.717) is 17.7 Å². The molecule has 2 rings (SSSR count). The highest BCUT2D eigenvalue weighted by molar-refractivity contribution is 5.68. The summed E-state index contributed by atoms with van der Waals surface area (Å²) in [6.45, 7) is 5.65. The van der Waals surface area contributed by atoms with Gasteiger partial charge >= 0.3 is 0 Å². The monoisotopic (exact) mass is 294 g/mol. The Morgan fingerprint density at radius 3 is 2.62 bits per heavy atom. The van der Waals surface area contributed by atoms with E-state index < -0.39 is 5.82 Å². The second-order valence-corrected chi connectivity index (χ2v) is 6.13. The molecule has 0 radical (unpaired) electrons. The highest BCUT2D eigenvalue weighted by Crippen LogP contribution is 2.41. The maximum Gasteiger partial charge on any atom is 0.167 e. The third-order valence-electron chi connectivity index (χ3n) is 4.63. The fraction of sp³-hybridized carbons (Fsp3) is 0.647. The Labute approximate surface area is 127 Å². The molecular weight excluding hydrogens is 267 g/mol. The SMILES string of the molecule is CCCOc1cc(NCC2(CC)CCCC2)c(N)cc1F. The predicted molar refractivity (Wildman–Crippen MR) is 86.3 cm³/mol. The number of benzene rings is 1. The van der Waals surface area contributed by atoms with E-state index in [2.05, 4.69) is 12.2 Å². The maximum absolute atomic E-state index is 13.8. The molecule has 1 aliphatic rings. The molecule has 1 aromatic carbocycles. The minimum atomic E-state index is -0.391. The third kappa shape index (κ3) is 3.80. The summed E-state index contributed by atoms with van der Waals surface area (Å²) in [5.74, 6) is -0.108. The van der Waals surface area contributed by atoms with Crippen LogP contribution in [0.5, 0.6) is 5.75 Å². The second kappa shape index (κ2) is 7.01. The van der Waals surface area contributed by atoms with Crippen LogP contribution in [-0.2, 0) is 0 Å². The quantitative estimate of drug-likeness (QED) is 0.724. The Kier molecular flexibility index (Phi) is 5.32. The van der Waals surface area contributed by atoms with Crippen LogP contribution < -0.4 is 15.8 Å². The first-order valence-electron chi connectivity index (χ1n) is 8.06. The van der Waals surface area contributed by atoms with Crippen molar-refractivity contribution in [3.63, 3.8) is 0 Å². The van der Waals surface area contributed by atoms with Crippen molar-refractivity contribution in [3.05, 3.63) is 17.9 Å². The molecule has 1 aliphatic carbocycles. The largest absolute Gasteiger partial charge is 0.490 e. The zero-order valence-corrected chi connectivity index (χ0v) is 13.2. The van der Waals surface area contributed by atoms with E-state index in [-0.39, 0.29) is 5.75 Å². The Hall–Kier alpha value is -1.45. The minimum absolute atomic E-state index is 0.283. The molecule has 0 bridgehead atoms. The number of nitrogen functional groups attached to an aromatic ring is 1. The van der Waals surface area contributed by atoms with Crippen LogP contribution in [0.1, 0.15) is 52.4 Å². The van der Waals surface area contributed by atoms with Crippen LogP contribution in [-0.4, -0.2) is 13.2 Å². The summed E-state index contributed by atoms with van der Waals surface area (Å²) < 4.78 is 19.2. The summed E-state index contributed by atoms with van der Waals surface area (Å²) in [6, 6.07) is 3.04. The van der Waals surface area contributed by atoms with Crippen LogP contribution in [0.15, 0.2) is 12.1 Å². The van der Waals surface area contributed by atoms with Crippen LogP contribution in [0.2, 0.25) is 0 Å². The van der Waals surface area contributed by atoms with Gasteiger partial charge in [0.25, 0.3) is 0 Å². The van der Waals surface area contributed by atoms with Gasteiger partial charge in [0.15, 0.2) is 11.6 Å². The first-order valence-corrected chi connectivity index (χ1v) is 8.06. The summed E-state index contributed by atoms with van der Waals surface area (Å²) in [5.41, 5.74) is 7.52. The van der Waals surface area contributed by atoms with Gasteiger partial charge in [0, 0.05) is 18.7 Å². The predicted octanol–water partition coefficient (Wildman–Crippen LogP) is 4.58. The van der Waals surface area contributed by atoms with Crippen molar-refractivity contribution in [3.8, 4) is 5.75 Å². The molecule has 0 heterocycles. The van der Waals surface area contributed by atoms with E-state index in [1.165, 1.54) is 38.2 Å². The van der Waals surface area contributed by atoms with Crippen LogP contribution in [0.25, 0.3) is 0 Å². The number of rotatable bonds is 7. The topological polar surface area (TPSA) is 47.3 Å². The van der Waals surface area contributed by atoms with E-state index in [1.807, 2.05) is 6.92 Å². The fourth-order valence-electron chi connectivity index (χ4n) is 3.11. The van der Waals surface area contributed by atoms with Crippen molar-refractivity contribution in [2.45, 2.75) is 52.4 Å². The van der Waals surface area contributed by atoms with Gasteiger partial charge < -0.3 is 15.8 Å². The molecule has 0 saturated heterocycles. The lowest BCUT2D eigenvalue weighted by Crippen LogP contribution is -2.26. The zero-order chi connectivity index (χ0) is 15.3. The van der Waals surface area contributed by atoms with Crippen molar-refractivity contribution >= 4 is 11.4 Å². The highest BCUT2D eigenvalue weighted by atomic mass is 19.1. The van der Waals surface area contributed by atoms with Gasteiger partial charge in [0.2, 0.25) is 0 Å². The molecule has 3 nitrogen and oxygen atoms in total. The Bertz CT molecular complexity index is 470. The summed E-state index contributed by atoms with van der Waals surface area (Å²) in [4.78, 5) is 0. The molecule has 4 heteroatoms. The first kappa shape index (κ1) is 15.9. The van der Waals surface area contributed by atoms with Crippen molar-refractivity contribution in [2.24, 2.45) is 5.41 Å². The lowest BCUT2D eigenvalue weighted by atomic mass is 9.83. The summed E-state index contributed by atoms with van der Waals surface area (Å²) in [5, 5.41) is 3.42. The fourth-order valence-corrected chi connectivity index (χ4v) is 3.11. The van der Waals surface area contributed by atoms with Gasteiger partial charge in [-0.05, 0) is 31.1 Å². The second-order valence-electron chi connectivity index (χ2n) is 6.13. The molecule has 3 N–H and O–H groups in total. The molecular formula is C17H27FN2O. The van der Waals surface area contributed by atoms with Gasteiger partial charge in [-0.2, -0.15) is 0 Å². The van der Waals surface area contributed by atoms with Crippen molar-refractivity contribution in [2.75, 3.05) is 24.2 Å². The van der Waals surface area contributed by atoms with E-state index >= 15 is 0 Å². The first-order chi connectivity index (χ1) is 10.1. The van der Waals surface area contributed by atoms with E-state index in [0.717, 1.165) is 18.7 Å². The van der Waals surface area contributed by atoms with Gasteiger partial charge in [-0.1, -0.05) is 26.7 Å². The maximum atomic E-state index is 13.8. The molecule has 0 aliphatic heterocycles. The lowest BCUT2D eigenvalue weighted by Gasteiger charge is -2.28. The summed E-state index contributed by atoms with van der Waals surface area (Å²) in [6.07, 6.45) is 7.15. The van der Waals surface area contributed by atoms with Crippen LogP contribution >= 0.6 is 0 Å². The number of hydrogen-bond acceptors (Lipinski definition) is 3. The zero-order valence-electron chi connectivity index (χ0n) is 13.2. The van der Waals surface area contributed by atoms with Crippen molar-refractivity contribution in [1.82, 2.24) is 0 Å². The summed E-state index contributed by atoms with van der Waals surface area (Å²) in [7, 11) is 0. The number of nitrogens with two attached hydrogens (primary N) is 1. The number of halogens is 1. The molecule has 1 fully saturated rings. The number of ether oxygens (including phenoxy) is 1. The number of anilines is 2. The van der Waals surface area contributed by atoms with Crippen LogP contribution in [0.3, 0.4) is 0 Å². The molecule has 0 unspecified atom stereocenters. The Balaban J connectivity index is 2.08. The molecule has 1 aromatic rings. The standard InChI is InChI=1S/C17H27FN2O/c1-3-9-21-16-11-15(14(19)10-13(16)18)20-12-17(4-2)7-5-6-8-17/h10-11,20H,3-9,12,19H2,1-2H3. The molecule has 21 heavy (non-hydrogen) atoms. The van der Waals surface area contributed by atoms with E-state index in [9.17, 15) is 4.39 Å². The minimum Gasteiger partial charge on any atom is -0.490 e. The Morgan fingerprint density at radius 2 is 2.00 bits per heavy atom. The average Bonchev–Trinajstić information content (AvgIpc) is 2.95. The smallest absolute Gasteiger partial charge is 0.167 e. The van der Waals surface area contributed by atoms with Crippen LogP contribution in [0.4, 0.5) is 15.8 Å². The van der Waals surface area contributed by atoms with Crippen molar-refractivity contribution < 1.29 is 9.13 Å². The molecule has 0 spiro atoms. The van der Waals surface area contributed by atoms with Crippen molar-refractivity contribution in [1.29, 1.82) is 0 Å². The van der Waals surface area contributed by atoms with Crippen LogP contribution in [0, 0.1) is 11.2 Å². The molecule has 0 atom stereocenters. The van der Waals surface area contributed by atoms with E-state index in [4.69, 9.17) is 10.5 Å². The van der Waals surface area contributed by atoms with Gasteiger partial charge in [0.05, 0.1) is 18.0 Å². The molecule has 0 aromatic heterocycles. The Morgan fingerprint density at radius 1 is 1.29 bits per heavy atom. The third-order valence-corrected chi connectivity index (χ3v) is 4.63. The number of nitrogens with one attached hydrogen (secondary N) is 1. The molecule has 1 saturated carbocycles.